The molecule has 0 aliphatic heterocycles. The number of hydrogen-bond donors (Lipinski definition) is 0. The summed E-state index contributed by atoms with van der Waals surface area (Å²) in [6, 6.07) is 20.9. The SMILES string of the molecule is CC(C)CC1[C@H]([C@H](C)OCc2ccccc2)[C@@H]1COCc1ccccc1. The highest BCUT2D eigenvalue weighted by Crippen LogP contribution is 2.53. The molecule has 1 saturated carbocycles. The van der Waals surface area contributed by atoms with Gasteiger partial charge in [-0.3, -0.25) is 0 Å². The van der Waals surface area contributed by atoms with Crippen molar-refractivity contribution >= 4 is 0 Å². The zero-order valence-corrected chi connectivity index (χ0v) is 16.3. The van der Waals surface area contributed by atoms with Gasteiger partial charge in [0.2, 0.25) is 0 Å². The van der Waals surface area contributed by atoms with Gasteiger partial charge in [0.1, 0.15) is 0 Å². The Bertz CT molecular complexity index is 638. The van der Waals surface area contributed by atoms with Crippen molar-refractivity contribution in [3.05, 3.63) is 71.8 Å². The van der Waals surface area contributed by atoms with Gasteiger partial charge in [-0.15, -0.1) is 0 Å². The largest absolute Gasteiger partial charge is 0.376 e. The molecule has 0 heterocycles. The second-order valence-corrected chi connectivity index (χ2v) is 8.04. The van der Waals surface area contributed by atoms with Crippen molar-refractivity contribution in [1.29, 1.82) is 0 Å². The predicted molar refractivity (Wildman–Crippen MR) is 107 cm³/mol. The van der Waals surface area contributed by atoms with Crippen molar-refractivity contribution in [3.8, 4) is 0 Å². The maximum atomic E-state index is 6.20. The minimum Gasteiger partial charge on any atom is -0.376 e. The Kier molecular flexibility index (Phi) is 6.87. The van der Waals surface area contributed by atoms with Crippen molar-refractivity contribution in [3.63, 3.8) is 0 Å². The van der Waals surface area contributed by atoms with Crippen LogP contribution in [0.5, 0.6) is 0 Å². The van der Waals surface area contributed by atoms with Crippen LogP contribution in [0.4, 0.5) is 0 Å². The van der Waals surface area contributed by atoms with Gasteiger partial charge >= 0.3 is 0 Å². The van der Waals surface area contributed by atoms with Gasteiger partial charge in [0.15, 0.2) is 0 Å². The van der Waals surface area contributed by atoms with E-state index in [1.54, 1.807) is 0 Å². The fraction of sp³-hybridized carbons (Fsp3) is 0.500. The minimum atomic E-state index is 0.282. The number of hydrogen-bond acceptors (Lipinski definition) is 2. The molecule has 4 atom stereocenters. The lowest BCUT2D eigenvalue weighted by molar-refractivity contribution is 0.0260. The van der Waals surface area contributed by atoms with Gasteiger partial charge in [-0.1, -0.05) is 74.5 Å². The van der Waals surface area contributed by atoms with Crippen LogP contribution in [0.2, 0.25) is 0 Å². The number of rotatable bonds is 10. The van der Waals surface area contributed by atoms with Gasteiger partial charge in [-0.05, 0) is 48.1 Å². The normalized spacial score (nSPS) is 23.2. The Hall–Kier alpha value is -1.64. The molecular weight excluding hydrogens is 320 g/mol. The van der Waals surface area contributed by atoms with Crippen LogP contribution in [0.3, 0.4) is 0 Å². The zero-order valence-electron chi connectivity index (χ0n) is 16.3. The van der Waals surface area contributed by atoms with Gasteiger partial charge in [-0.25, -0.2) is 0 Å². The highest BCUT2D eigenvalue weighted by atomic mass is 16.5. The lowest BCUT2D eigenvalue weighted by Gasteiger charge is -2.14. The lowest BCUT2D eigenvalue weighted by Crippen LogP contribution is -2.14. The summed E-state index contributed by atoms with van der Waals surface area (Å²) >= 11 is 0. The molecule has 0 N–H and O–H groups in total. The van der Waals surface area contributed by atoms with Crippen LogP contribution in [-0.2, 0) is 22.7 Å². The molecule has 26 heavy (non-hydrogen) atoms. The van der Waals surface area contributed by atoms with E-state index in [1.165, 1.54) is 17.5 Å². The summed E-state index contributed by atoms with van der Waals surface area (Å²) in [4.78, 5) is 0. The molecular formula is C24H32O2. The Labute approximate surface area is 158 Å². The standard InChI is InChI=1S/C24H32O2/c1-18(2)14-22-23(17-25-15-20-10-6-4-7-11-20)24(22)19(3)26-16-21-12-8-5-9-13-21/h4-13,18-19,22-24H,14-17H2,1-3H3/t19-,22?,23+,24-/m0/s1. The van der Waals surface area contributed by atoms with E-state index in [0.717, 1.165) is 18.4 Å². The minimum absolute atomic E-state index is 0.282. The van der Waals surface area contributed by atoms with Crippen molar-refractivity contribution in [2.45, 2.75) is 46.5 Å². The van der Waals surface area contributed by atoms with Crippen LogP contribution < -0.4 is 0 Å². The second kappa shape index (κ2) is 9.34. The molecule has 2 heteroatoms. The van der Waals surface area contributed by atoms with Gasteiger partial charge in [0, 0.05) is 0 Å². The Morgan fingerprint density at radius 3 is 1.92 bits per heavy atom. The maximum absolute atomic E-state index is 6.20. The van der Waals surface area contributed by atoms with Crippen molar-refractivity contribution < 1.29 is 9.47 Å². The molecule has 0 saturated heterocycles. The third kappa shape index (κ3) is 5.43. The quantitative estimate of drug-likeness (QED) is 0.545. The summed E-state index contributed by atoms with van der Waals surface area (Å²) in [5.41, 5.74) is 2.50. The molecule has 1 aliphatic rings. The molecule has 0 amide bonds. The average Bonchev–Trinajstić information content (AvgIpc) is 3.33. The van der Waals surface area contributed by atoms with E-state index in [2.05, 4.69) is 69.3 Å². The molecule has 3 rings (SSSR count). The van der Waals surface area contributed by atoms with Crippen molar-refractivity contribution in [2.75, 3.05) is 6.61 Å². The molecule has 0 radical (unpaired) electrons. The van der Waals surface area contributed by atoms with Gasteiger partial charge in [0.05, 0.1) is 25.9 Å². The van der Waals surface area contributed by atoms with Crippen LogP contribution in [0.15, 0.2) is 60.7 Å². The third-order valence-electron chi connectivity index (χ3n) is 5.46. The first-order chi connectivity index (χ1) is 12.6. The number of ether oxygens (including phenoxy) is 2. The molecule has 2 aromatic rings. The molecule has 0 aromatic heterocycles. The van der Waals surface area contributed by atoms with Crippen molar-refractivity contribution in [1.82, 2.24) is 0 Å². The molecule has 2 nitrogen and oxygen atoms in total. The van der Waals surface area contributed by atoms with Crippen LogP contribution in [0.1, 0.15) is 38.3 Å². The first kappa shape index (κ1) is 19.1. The maximum Gasteiger partial charge on any atom is 0.0720 e. The van der Waals surface area contributed by atoms with E-state index in [4.69, 9.17) is 9.47 Å². The summed E-state index contributed by atoms with van der Waals surface area (Å²) in [5.74, 6) is 2.71. The summed E-state index contributed by atoms with van der Waals surface area (Å²) in [6.45, 7) is 9.11. The summed E-state index contributed by atoms with van der Waals surface area (Å²) in [7, 11) is 0. The van der Waals surface area contributed by atoms with E-state index in [1.807, 2.05) is 12.1 Å². The second-order valence-electron chi connectivity index (χ2n) is 8.04. The summed E-state index contributed by atoms with van der Waals surface area (Å²) in [6.07, 6.45) is 1.55. The first-order valence-electron chi connectivity index (χ1n) is 9.92. The smallest absolute Gasteiger partial charge is 0.0720 e. The van der Waals surface area contributed by atoms with E-state index < -0.39 is 0 Å². The lowest BCUT2D eigenvalue weighted by atomic mass is 10.0. The highest BCUT2D eigenvalue weighted by molar-refractivity contribution is 5.14. The fourth-order valence-corrected chi connectivity index (χ4v) is 4.08. The highest BCUT2D eigenvalue weighted by Gasteiger charge is 2.52. The molecule has 0 bridgehead atoms. The molecule has 2 aromatic carbocycles. The number of benzene rings is 2. The average molecular weight is 353 g/mol. The van der Waals surface area contributed by atoms with E-state index in [9.17, 15) is 0 Å². The predicted octanol–water partition coefficient (Wildman–Crippen LogP) is 5.72. The van der Waals surface area contributed by atoms with Crippen LogP contribution in [-0.4, -0.2) is 12.7 Å². The van der Waals surface area contributed by atoms with E-state index >= 15 is 0 Å². The monoisotopic (exact) mass is 352 g/mol. The molecule has 1 aliphatic carbocycles. The van der Waals surface area contributed by atoms with Crippen LogP contribution >= 0.6 is 0 Å². The topological polar surface area (TPSA) is 18.5 Å². The van der Waals surface area contributed by atoms with Gasteiger partial charge < -0.3 is 9.47 Å². The van der Waals surface area contributed by atoms with Gasteiger partial charge in [-0.2, -0.15) is 0 Å². The Morgan fingerprint density at radius 2 is 1.35 bits per heavy atom. The van der Waals surface area contributed by atoms with Gasteiger partial charge in [0.25, 0.3) is 0 Å². The molecule has 1 fully saturated rings. The van der Waals surface area contributed by atoms with Crippen molar-refractivity contribution in [2.24, 2.45) is 23.7 Å². The van der Waals surface area contributed by atoms with E-state index in [-0.39, 0.29) is 6.10 Å². The first-order valence-corrected chi connectivity index (χ1v) is 9.92. The zero-order chi connectivity index (χ0) is 18.4. The van der Waals surface area contributed by atoms with Crippen LogP contribution in [0, 0.1) is 23.7 Å². The molecule has 1 unspecified atom stereocenters. The Morgan fingerprint density at radius 1 is 0.769 bits per heavy atom. The third-order valence-corrected chi connectivity index (χ3v) is 5.46. The summed E-state index contributed by atoms with van der Waals surface area (Å²) in [5, 5.41) is 0. The van der Waals surface area contributed by atoms with Crippen LogP contribution in [0.25, 0.3) is 0 Å². The Balaban J connectivity index is 1.48. The molecule has 0 spiro atoms. The summed E-state index contributed by atoms with van der Waals surface area (Å²) < 4.78 is 12.2. The fourth-order valence-electron chi connectivity index (χ4n) is 4.08. The van der Waals surface area contributed by atoms with E-state index in [0.29, 0.717) is 25.0 Å². The molecule has 140 valence electrons.